The predicted molar refractivity (Wildman–Crippen MR) is 85.3 cm³/mol. The van der Waals surface area contributed by atoms with Crippen LogP contribution in [0.3, 0.4) is 0 Å². The van der Waals surface area contributed by atoms with Gasteiger partial charge in [-0.1, -0.05) is 12.1 Å². The maximum Gasteiger partial charge on any atom is 0.211 e. The van der Waals surface area contributed by atoms with Gasteiger partial charge in [0, 0.05) is 31.1 Å². The number of rotatable bonds is 3. The van der Waals surface area contributed by atoms with Crippen molar-refractivity contribution in [2.45, 2.75) is 25.8 Å². The van der Waals surface area contributed by atoms with Crippen molar-refractivity contribution in [3.63, 3.8) is 0 Å². The second kappa shape index (κ2) is 6.10. The van der Waals surface area contributed by atoms with Gasteiger partial charge in [-0.3, -0.25) is 4.79 Å². The van der Waals surface area contributed by atoms with E-state index in [-0.39, 0.29) is 11.7 Å². The third-order valence-electron chi connectivity index (χ3n) is 4.60. The molecule has 120 valence electrons. The molecule has 0 aliphatic carbocycles. The number of ketones is 1. The Morgan fingerprint density at radius 1 is 1.32 bits per heavy atom. The van der Waals surface area contributed by atoms with Crippen LogP contribution in [0.1, 0.15) is 34.3 Å². The van der Waals surface area contributed by atoms with Gasteiger partial charge in [0.25, 0.3) is 0 Å². The van der Waals surface area contributed by atoms with Crippen LogP contribution in [0.25, 0.3) is 0 Å². The largest absolute Gasteiger partial charge is 0.316 e. The van der Waals surface area contributed by atoms with Crippen molar-refractivity contribution in [2.75, 3.05) is 25.9 Å². The van der Waals surface area contributed by atoms with Crippen molar-refractivity contribution >= 4 is 15.8 Å². The molecule has 0 saturated carbocycles. The summed E-state index contributed by atoms with van der Waals surface area (Å²) in [6.07, 6.45) is 3.91. The van der Waals surface area contributed by atoms with Crippen molar-refractivity contribution in [3.8, 4) is 0 Å². The first-order valence-electron chi connectivity index (χ1n) is 7.77. The third-order valence-corrected chi connectivity index (χ3v) is 5.85. The lowest BCUT2D eigenvalue weighted by Gasteiger charge is -2.27. The first kappa shape index (κ1) is 15.6. The van der Waals surface area contributed by atoms with E-state index in [1.54, 1.807) is 0 Å². The van der Waals surface area contributed by atoms with Gasteiger partial charge in [0.15, 0.2) is 5.78 Å². The monoisotopic (exact) mass is 322 g/mol. The summed E-state index contributed by atoms with van der Waals surface area (Å²) in [5, 5.41) is 3.28. The van der Waals surface area contributed by atoms with Crippen molar-refractivity contribution < 1.29 is 13.2 Å². The summed E-state index contributed by atoms with van der Waals surface area (Å²) in [6, 6.07) is 5.73. The van der Waals surface area contributed by atoms with E-state index < -0.39 is 10.0 Å². The van der Waals surface area contributed by atoms with E-state index in [4.69, 9.17) is 0 Å². The van der Waals surface area contributed by atoms with Crippen molar-refractivity contribution in [1.82, 2.24) is 9.62 Å². The number of nitrogens with zero attached hydrogens (tertiary/aromatic N) is 1. The van der Waals surface area contributed by atoms with E-state index in [1.807, 2.05) is 18.2 Å². The number of benzene rings is 1. The number of hydrogen-bond acceptors (Lipinski definition) is 4. The highest BCUT2D eigenvalue weighted by Gasteiger charge is 2.26. The Morgan fingerprint density at radius 2 is 2.14 bits per heavy atom. The summed E-state index contributed by atoms with van der Waals surface area (Å²) in [5.74, 6) is 0.281. The number of hydrogen-bond donors (Lipinski definition) is 1. The number of carbonyl (C=O) groups is 1. The molecule has 0 aromatic heterocycles. The standard InChI is InChI=1S/C16H22N2O3S/c1-22(20,21)18-8-6-12-9-13(4-5-15(12)11-18)16(19)14-3-2-7-17-10-14/h4-5,9,14,17H,2-3,6-8,10-11H2,1H3. The van der Waals surface area contributed by atoms with Gasteiger partial charge < -0.3 is 5.32 Å². The van der Waals surface area contributed by atoms with Crippen LogP contribution in [-0.2, 0) is 23.0 Å². The Balaban J connectivity index is 1.79. The van der Waals surface area contributed by atoms with Gasteiger partial charge >= 0.3 is 0 Å². The number of nitrogens with one attached hydrogen (secondary N) is 1. The first-order valence-corrected chi connectivity index (χ1v) is 9.62. The molecular formula is C16H22N2O3S. The van der Waals surface area contributed by atoms with E-state index in [2.05, 4.69) is 5.32 Å². The lowest BCUT2D eigenvalue weighted by atomic mass is 9.88. The highest BCUT2D eigenvalue weighted by molar-refractivity contribution is 7.88. The quantitative estimate of drug-likeness (QED) is 0.849. The zero-order valence-corrected chi connectivity index (χ0v) is 13.7. The summed E-state index contributed by atoms with van der Waals surface area (Å²) in [7, 11) is -3.15. The molecular weight excluding hydrogens is 300 g/mol. The molecule has 1 unspecified atom stereocenters. The van der Waals surface area contributed by atoms with E-state index >= 15 is 0 Å². The fourth-order valence-corrected chi connectivity index (χ4v) is 4.07. The summed E-state index contributed by atoms with van der Waals surface area (Å²) >= 11 is 0. The van der Waals surface area contributed by atoms with Crippen LogP contribution >= 0.6 is 0 Å². The molecule has 2 heterocycles. The SMILES string of the molecule is CS(=O)(=O)N1CCc2cc(C(=O)C3CCCNC3)ccc2C1. The Hall–Kier alpha value is -1.24. The van der Waals surface area contributed by atoms with Crippen LogP contribution in [-0.4, -0.2) is 44.4 Å². The Labute approximate surface area is 131 Å². The van der Waals surface area contributed by atoms with Gasteiger partial charge in [-0.05, 0) is 43.0 Å². The molecule has 1 N–H and O–H groups in total. The van der Waals surface area contributed by atoms with Crippen molar-refractivity contribution in [2.24, 2.45) is 5.92 Å². The van der Waals surface area contributed by atoms with Crippen LogP contribution in [0.5, 0.6) is 0 Å². The molecule has 5 nitrogen and oxygen atoms in total. The van der Waals surface area contributed by atoms with Gasteiger partial charge in [-0.15, -0.1) is 0 Å². The van der Waals surface area contributed by atoms with E-state index in [0.29, 0.717) is 19.5 Å². The Kier molecular flexibility index (Phi) is 4.34. The predicted octanol–water partition coefficient (Wildman–Crippen LogP) is 1.19. The molecule has 0 bridgehead atoms. The molecule has 1 saturated heterocycles. The molecule has 2 aliphatic heterocycles. The van der Waals surface area contributed by atoms with Gasteiger partial charge in [0.05, 0.1) is 6.26 Å². The number of fused-ring (bicyclic) bond motifs is 1. The Bertz CT molecular complexity index is 679. The summed E-state index contributed by atoms with van der Waals surface area (Å²) < 4.78 is 24.8. The molecule has 1 aromatic carbocycles. The lowest BCUT2D eigenvalue weighted by molar-refractivity contribution is 0.0899. The maximum absolute atomic E-state index is 12.6. The minimum Gasteiger partial charge on any atom is -0.316 e. The Morgan fingerprint density at radius 3 is 2.82 bits per heavy atom. The average Bonchev–Trinajstić information content (AvgIpc) is 2.53. The maximum atomic E-state index is 12.6. The van der Waals surface area contributed by atoms with Gasteiger partial charge in [-0.2, -0.15) is 4.31 Å². The number of carbonyl (C=O) groups excluding carboxylic acids is 1. The first-order chi connectivity index (χ1) is 10.4. The van der Waals surface area contributed by atoms with E-state index in [9.17, 15) is 13.2 Å². The third kappa shape index (κ3) is 3.24. The fraction of sp³-hybridized carbons (Fsp3) is 0.562. The smallest absolute Gasteiger partial charge is 0.211 e. The van der Waals surface area contributed by atoms with Gasteiger partial charge in [0.2, 0.25) is 10.0 Å². The normalized spacial score (nSPS) is 23.0. The van der Waals surface area contributed by atoms with Crippen LogP contribution in [0.4, 0.5) is 0 Å². The topological polar surface area (TPSA) is 66.5 Å². The summed E-state index contributed by atoms with van der Waals surface area (Å²) in [4.78, 5) is 12.6. The summed E-state index contributed by atoms with van der Waals surface area (Å²) in [6.45, 7) is 2.66. The van der Waals surface area contributed by atoms with Crippen LogP contribution in [0, 0.1) is 5.92 Å². The van der Waals surface area contributed by atoms with Crippen molar-refractivity contribution in [1.29, 1.82) is 0 Å². The number of Topliss-reactive ketones (excluding diaryl/α,β-unsaturated/α-hetero) is 1. The molecule has 1 aromatic rings. The molecule has 0 amide bonds. The van der Waals surface area contributed by atoms with E-state index in [0.717, 1.165) is 42.6 Å². The molecule has 3 rings (SSSR count). The highest BCUT2D eigenvalue weighted by atomic mass is 32.2. The van der Waals surface area contributed by atoms with Crippen LogP contribution < -0.4 is 5.32 Å². The van der Waals surface area contributed by atoms with Gasteiger partial charge in [0.1, 0.15) is 0 Å². The summed E-state index contributed by atoms with van der Waals surface area (Å²) in [5.41, 5.74) is 2.88. The van der Waals surface area contributed by atoms with Crippen LogP contribution in [0.2, 0.25) is 0 Å². The second-order valence-electron chi connectivity index (χ2n) is 6.24. The highest BCUT2D eigenvalue weighted by Crippen LogP contribution is 2.24. The zero-order chi connectivity index (χ0) is 15.7. The fourth-order valence-electron chi connectivity index (χ4n) is 3.27. The number of sulfonamides is 1. The van der Waals surface area contributed by atoms with E-state index in [1.165, 1.54) is 10.6 Å². The second-order valence-corrected chi connectivity index (χ2v) is 8.22. The number of piperidine rings is 1. The lowest BCUT2D eigenvalue weighted by Crippen LogP contribution is -2.36. The zero-order valence-electron chi connectivity index (χ0n) is 12.8. The molecule has 22 heavy (non-hydrogen) atoms. The molecule has 6 heteroatoms. The van der Waals surface area contributed by atoms with Crippen LogP contribution in [0.15, 0.2) is 18.2 Å². The minimum atomic E-state index is -3.15. The average molecular weight is 322 g/mol. The molecule has 1 fully saturated rings. The molecule has 1 atom stereocenters. The van der Waals surface area contributed by atoms with Gasteiger partial charge in [-0.25, -0.2) is 8.42 Å². The molecule has 0 spiro atoms. The minimum absolute atomic E-state index is 0.0721. The van der Waals surface area contributed by atoms with Crippen molar-refractivity contribution in [3.05, 3.63) is 34.9 Å². The molecule has 0 radical (unpaired) electrons. The molecule has 2 aliphatic rings.